The number of aryl methyl sites for hydroxylation is 1. The maximum Gasteiger partial charge on any atom is 0.451 e. The molecule has 1 aromatic carbocycles. The molecule has 8 heteroatoms. The molecule has 0 aliphatic carbocycles. The van der Waals surface area contributed by atoms with Crippen molar-refractivity contribution in [1.29, 1.82) is 0 Å². The Morgan fingerprint density at radius 2 is 2.00 bits per heavy atom. The lowest BCUT2D eigenvalue weighted by Crippen LogP contribution is -2.13. The standard InChI is InChI=1S/C15H13F3N4O/c1-3-11-12-13(21-14(20-11)15(16,17)18)22(8-19-12)9-5-4-6-10(7-9)23-2/h4-8H,3H2,1-2H3. The Morgan fingerprint density at radius 1 is 1.22 bits per heavy atom. The number of hydrogen-bond donors (Lipinski definition) is 0. The van der Waals surface area contributed by atoms with Gasteiger partial charge in [-0.05, 0) is 18.6 Å². The molecular formula is C15H13F3N4O. The van der Waals surface area contributed by atoms with Crippen molar-refractivity contribution in [1.82, 2.24) is 19.5 Å². The number of hydrogen-bond acceptors (Lipinski definition) is 4. The first-order valence-electron chi connectivity index (χ1n) is 6.89. The number of halogens is 3. The fraction of sp³-hybridized carbons (Fsp3) is 0.267. The summed E-state index contributed by atoms with van der Waals surface area (Å²) in [6.45, 7) is 1.73. The summed E-state index contributed by atoms with van der Waals surface area (Å²) in [5, 5.41) is 0. The van der Waals surface area contributed by atoms with Crippen LogP contribution in [0.5, 0.6) is 5.75 Å². The van der Waals surface area contributed by atoms with Crippen molar-refractivity contribution in [2.24, 2.45) is 0 Å². The highest BCUT2D eigenvalue weighted by molar-refractivity contribution is 5.75. The minimum Gasteiger partial charge on any atom is -0.497 e. The maximum absolute atomic E-state index is 13.0. The summed E-state index contributed by atoms with van der Waals surface area (Å²) >= 11 is 0. The van der Waals surface area contributed by atoms with E-state index in [1.165, 1.54) is 18.0 Å². The van der Waals surface area contributed by atoms with Gasteiger partial charge >= 0.3 is 6.18 Å². The van der Waals surface area contributed by atoms with Crippen molar-refractivity contribution in [2.75, 3.05) is 7.11 Å². The quantitative estimate of drug-likeness (QED) is 0.741. The Bertz CT molecular complexity index is 858. The number of benzene rings is 1. The summed E-state index contributed by atoms with van der Waals surface area (Å²) in [4.78, 5) is 11.4. The largest absolute Gasteiger partial charge is 0.497 e. The van der Waals surface area contributed by atoms with Gasteiger partial charge in [-0.25, -0.2) is 15.0 Å². The van der Waals surface area contributed by atoms with E-state index >= 15 is 0 Å². The summed E-state index contributed by atoms with van der Waals surface area (Å²) in [6, 6.07) is 6.93. The predicted molar refractivity (Wildman–Crippen MR) is 77.6 cm³/mol. The molecule has 0 atom stereocenters. The lowest BCUT2D eigenvalue weighted by molar-refractivity contribution is -0.144. The van der Waals surface area contributed by atoms with Gasteiger partial charge < -0.3 is 4.74 Å². The number of fused-ring (bicyclic) bond motifs is 1. The maximum atomic E-state index is 13.0. The first-order chi connectivity index (χ1) is 10.9. The fourth-order valence-electron chi connectivity index (χ4n) is 2.28. The highest BCUT2D eigenvalue weighted by Crippen LogP contribution is 2.29. The molecule has 0 unspecified atom stereocenters. The van der Waals surface area contributed by atoms with Crippen molar-refractivity contribution in [2.45, 2.75) is 19.5 Å². The third-order valence-corrected chi connectivity index (χ3v) is 3.39. The number of rotatable bonds is 3. The molecule has 2 aromatic heterocycles. The van der Waals surface area contributed by atoms with Gasteiger partial charge in [-0.15, -0.1) is 0 Å². The van der Waals surface area contributed by atoms with E-state index in [4.69, 9.17) is 4.74 Å². The molecule has 0 aliphatic heterocycles. The third-order valence-electron chi connectivity index (χ3n) is 3.39. The molecule has 0 fully saturated rings. The molecule has 0 spiro atoms. The number of alkyl halides is 3. The second kappa shape index (κ2) is 5.53. The second-order valence-corrected chi connectivity index (χ2v) is 4.83. The van der Waals surface area contributed by atoms with E-state index in [0.29, 0.717) is 23.4 Å². The van der Waals surface area contributed by atoms with Crippen LogP contribution in [0.15, 0.2) is 30.6 Å². The average Bonchev–Trinajstić information content (AvgIpc) is 2.97. The van der Waals surface area contributed by atoms with Crippen molar-refractivity contribution in [3.05, 3.63) is 42.1 Å². The molecule has 0 bridgehead atoms. The Hall–Kier alpha value is -2.64. The summed E-state index contributed by atoms with van der Waals surface area (Å²) < 4.78 is 45.7. The van der Waals surface area contributed by atoms with Crippen molar-refractivity contribution < 1.29 is 17.9 Å². The van der Waals surface area contributed by atoms with E-state index in [9.17, 15) is 13.2 Å². The van der Waals surface area contributed by atoms with Gasteiger partial charge in [-0.1, -0.05) is 13.0 Å². The Kier molecular flexibility index (Phi) is 3.67. The summed E-state index contributed by atoms with van der Waals surface area (Å²) in [6.07, 6.45) is -2.84. The monoisotopic (exact) mass is 322 g/mol. The van der Waals surface area contributed by atoms with E-state index < -0.39 is 12.0 Å². The van der Waals surface area contributed by atoms with Crippen LogP contribution in [0.3, 0.4) is 0 Å². The molecule has 5 nitrogen and oxygen atoms in total. The molecule has 0 saturated carbocycles. The molecule has 3 aromatic rings. The second-order valence-electron chi connectivity index (χ2n) is 4.83. The smallest absolute Gasteiger partial charge is 0.451 e. The lowest BCUT2D eigenvalue weighted by atomic mass is 10.2. The van der Waals surface area contributed by atoms with Crippen LogP contribution in [0, 0.1) is 0 Å². The minimum atomic E-state index is -4.61. The number of ether oxygens (including phenoxy) is 1. The summed E-state index contributed by atoms with van der Waals surface area (Å²) in [7, 11) is 1.52. The Labute approximate surface area is 129 Å². The number of nitrogens with zero attached hydrogens (tertiary/aromatic N) is 4. The number of methoxy groups -OCH3 is 1. The van der Waals surface area contributed by atoms with Gasteiger partial charge in [-0.3, -0.25) is 4.57 Å². The zero-order valence-electron chi connectivity index (χ0n) is 12.4. The van der Waals surface area contributed by atoms with Crippen LogP contribution in [0.2, 0.25) is 0 Å². The highest BCUT2D eigenvalue weighted by Gasteiger charge is 2.36. The minimum absolute atomic E-state index is 0.123. The van der Waals surface area contributed by atoms with Gasteiger partial charge in [-0.2, -0.15) is 13.2 Å². The fourth-order valence-corrected chi connectivity index (χ4v) is 2.28. The predicted octanol–water partition coefficient (Wildman–Crippen LogP) is 3.41. The number of imidazole rings is 1. The van der Waals surface area contributed by atoms with E-state index in [-0.39, 0.29) is 11.3 Å². The SMILES string of the molecule is CCc1nc(C(F)(F)F)nc2c1ncn2-c1cccc(OC)c1. The summed E-state index contributed by atoms with van der Waals surface area (Å²) in [5.74, 6) is -0.573. The first-order valence-corrected chi connectivity index (χ1v) is 6.89. The molecule has 0 aliphatic rings. The topological polar surface area (TPSA) is 52.8 Å². The van der Waals surface area contributed by atoms with Gasteiger partial charge in [0.1, 0.15) is 17.6 Å². The number of aromatic nitrogens is 4. The van der Waals surface area contributed by atoms with Crippen molar-refractivity contribution in [3.63, 3.8) is 0 Å². The van der Waals surface area contributed by atoms with Crippen LogP contribution in [-0.4, -0.2) is 26.6 Å². The van der Waals surface area contributed by atoms with Gasteiger partial charge in [0.2, 0.25) is 5.82 Å². The van der Waals surface area contributed by atoms with E-state index in [0.717, 1.165) is 0 Å². The molecule has 0 saturated heterocycles. The third kappa shape index (κ3) is 2.71. The molecule has 2 heterocycles. The van der Waals surface area contributed by atoms with E-state index in [1.54, 1.807) is 31.2 Å². The van der Waals surface area contributed by atoms with Crippen molar-refractivity contribution >= 4 is 11.2 Å². The molecule has 0 amide bonds. The zero-order chi connectivity index (χ0) is 16.6. The molecular weight excluding hydrogens is 309 g/mol. The average molecular weight is 322 g/mol. The highest BCUT2D eigenvalue weighted by atomic mass is 19.4. The van der Waals surface area contributed by atoms with Gasteiger partial charge in [0, 0.05) is 6.07 Å². The van der Waals surface area contributed by atoms with Crippen LogP contribution >= 0.6 is 0 Å². The van der Waals surface area contributed by atoms with Crippen LogP contribution in [0.1, 0.15) is 18.4 Å². The van der Waals surface area contributed by atoms with Gasteiger partial charge in [0.05, 0.1) is 18.5 Å². The zero-order valence-corrected chi connectivity index (χ0v) is 12.4. The van der Waals surface area contributed by atoms with Crippen LogP contribution in [0.25, 0.3) is 16.9 Å². The Balaban J connectivity index is 2.26. The van der Waals surface area contributed by atoms with E-state index in [2.05, 4.69) is 15.0 Å². The Morgan fingerprint density at radius 3 is 2.65 bits per heavy atom. The van der Waals surface area contributed by atoms with Gasteiger partial charge in [0.25, 0.3) is 0 Å². The normalized spacial score (nSPS) is 11.9. The van der Waals surface area contributed by atoms with Crippen LogP contribution in [0.4, 0.5) is 13.2 Å². The van der Waals surface area contributed by atoms with E-state index in [1.807, 2.05) is 0 Å². The molecule has 23 heavy (non-hydrogen) atoms. The summed E-state index contributed by atoms with van der Waals surface area (Å²) in [5.41, 5.74) is 1.37. The molecule has 0 N–H and O–H groups in total. The molecule has 120 valence electrons. The molecule has 3 rings (SSSR count). The van der Waals surface area contributed by atoms with Crippen molar-refractivity contribution in [3.8, 4) is 11.4 Å². The van der Waals surface area contributed by atoms with Crippen LogP contribution < -0.4 is 4.74 Å². The molecule has 0 radical (unpaired) electrons. The lowest BCUT2D eigenvalue weighted by Gasteiger charge is -2.09. The van der Waals surface area contributed by atoms with Crippen LogP contribution in [-0.2, 0) is 12.6 Å². The van der Waals surface area contributed by atoms with Gasteiger partial charge in [0.15, 0.2) is 5.65 Å². The first kappa shape index (κ1) is 15.3.